The Hall–Kier alpha value is -3.50. The van der Waals surface area contributed by atoms with E-state index in [4.69, 9.17) is 26.9 Å². The van der Waals surface area contributed by atoms with E-state index in [0.717, 1.165) is 28.0 Å². The highest BCUT2D eigenvalue weighted by Crippen LogP contribution is 2.38. The van der Waals surface area contributed by atoms with Crippen molar-refractivity contribution in [1.29, 1.82) is 0 Å². The molecule has 1 N–H and O–H groups in total. The van der Waals surface area contributed by atoms with Crippen LogP contribution < -0.4 is 15.0 Å². The molecule has 0 aliphatic carbocycles. The predicted molar refractivity (Wildman–Crippen MR) is 156 cm³/mol. The maximum atomic E-state index is 12.9. The van der Waals surface area contributed by atoms with Crippen molar-refractivity contribution in [1.82, 2.24) is 20.2 Å². The van der Waals surface area contributed by atoms with E-state index < -0.39 is 5.41 Å². The lowest BCUT2D eigenvalue weighted by atomic mass is 9.94. The number of amides is 2. The Morgan fingerprint density at radius 1 is 1.08 bits per heavy atom. The summed E-state index contributed by atoms with van der Waals surface area (Å²) in [7, 11) is 1.63. The topological polar surface area (TPSA) is 87.7 Å². The number of hydrogen-bond acceptors (Lipinski definition) is 8. The number of aromatic nitrogens is 2. The van der Waals surface area contributed by atoms with Gasteiger partial charge in [0, 0.05) is 37.2 Å². The molecule has 38 heavy (non-hydrogen) atoms. The van der Waals surface area contributed by atoms with Crippen LogP contribution in [-0.4, -0.2) is 64.3 Å². The molecule has 3 aromatic rings. The largest absolute Gasteiger partial charge is 0.496 e. The fourth-order valence-corrected chi connectivity index (χ4v) is 5.60. The van der Waals surface area contributed by atoms with Crippen molar-refractivity contribution in [2.45, 2.75) is 20.8 Å². The van der Waals surface area contributed by atoms with Crippen molar-refractivity contribution in [3.05, 3.63) is 52.9 Å². The number of nitrogens with one attached hydrogen (secondary N) is 1. The van der Waals surface area contributed by atoms with Crippen LogP contribution in [0.5, 0.6) is 5.75 Å². The predicted octanol–water partition coefficient (Wildman–Crippen LogP) is 4.49. The number of rotatable bonds is 4. The number of thiocarbonyl (C=S) groups is 1. The van der Waals surface area contributed by atoms with Crippen LogP contribution in [0.3, 0.4) is 0 Å². The van der Waals surface area contributed by atoms with E-state index in [1.54, 1.807) is 7.11 Å². The molecule has 2 aliphatic rings. The second-order valence-electron chi connectivity index (χ2n) is 10.2. The third kappa shape index (κ3) is 5.23. The van der Waals surface area contributed by atoms with E-state index in [2.05, 4.69) is 10.2 Å². The maximum Gasteiger partial charge on any atom is 0.263 e. The van der Waals surface area contributed by atoms with Crippen LogP contribution in [0.25, 0.3) is 28.4 Å². The zero-order valence-corrected chi connectivity index (χ0v) is 23.4. The van der Waals surface area contributed by atoms with Crippen molar-refractivity contribution < 1.29 is 14.3 Å². The first-order chi connectivity index (χ1) is 18.1. The minimum Gasteiger partial charge on any atom is -0.496 e. The molecule has 8 nitrogen and oxygen atoms in total. The van der Waals surface area contributed by atoms with Crippen molar-refractivity contribution in [3.63, 3.8) is 0 Å². The number of para-hydroxylation sites is 2. The van der Waals surface area contributed by atoms with Gasteiger partial charge in [0.1, 0.15) is 15.8 Å². The molecular weight excluding hydrogens is 518 g/mol. The normalized spacial score (nSPS) is 17.3. The number of methoxy groups -OCH3 is 1. The van der Waals surface area contributed by atoms with Crippen LogP contribution >= 0.6 is 24.0 Å². The van der Waals surface area contributed by atoms with Crippen LogP contribution in [-0.2, 0) is 9.59 Å². The SMILES string of the molecule is COc1ccc(/C=C2\SC(=S)NC2=O)cc1-c1nc2ccccc2nc1N1CCN(C(=O)C(C)(C)C)CC1. The molecule has 0 unspecified atom stereocenters. The van der Waals surface area contributed by atoms with Gasteiger partial charge in [0.2, 0.25) is 5.91 Å². The molecule has 0 radical (unpaired) electrons. The van der Waals surface area contributed by atoms with Crippen LogP contribution in [0.2, 0.25) is 0 Å². The molecule has 10 heteroatoms. The molecule has 2 amide bonds. The second-order valence-corrected chi connectivity index (χ2v) is 11.9. The molecule has 2 aliphatic heterocycles. The van der Waals surface area contributed by atoms with Crippen LogP contribution in [0.15, 0.2) is 47.4 Å². The molecule has 0 saturated carbocycles. The summed E-state index contributed by atoms with van der Waals surface area (Å²) < 4.78 is 6.18. The Balaban J connectivity index is 1.57. The first kappa shape index (κ1) is 26.1. The van der Waals surface area contributed by atoms with Gasteiger partial charge in [-0.25, -0.2) is 9.97 Å². The summed E-state index contributed by atoms with van der Waals surface area (Å²) in [5.41, 5.74) is 3.43. The van der Waals surface area contributed by atoms with Crippen molar-refractivity contribution >= 4 is 63.0 Å². The molecule has 1 aromatic heterocycles. The standard InChI is InChI=1S/C28H29N5O3S2/c1-28(2,3)26(35)33-13-11-32(12-14-33)24-23(29-19-7-5-6-8-20(19)30-24)18-15-17(9-10-21(18)36-4)16-22-25(34)31-27(37)38-22/h5-10,15-16H,11-14H2,1-4H3,(H,31,34,37)/b22-16-. The molecule has 2 fully saturated rings. The van der Waals surface area contributed by atoms with E-state index in [1.165, 1.54) is 11.8 Å². The minimum atomic E-state index is -0.420. The number of thioether (sulfide) groups is 1. The van der Waals surface area contributed by atoms with Gasteiger partial charge in [-0.3, -0.25) is 9.59 Å². The summed E-state index contributed by atoms with van der Waals surface area (Å²) in [6, 6.07) is 13.5. The lowest BCUT2D eigenvalue weighted by Crippen LogP contribution is -2.52. The second kappa shape index (κ2) is 10.3. The van der Waals surface area contributed by atoms with Gasteiger partial charge in [0.25, 0.3) is 5.91 Å². The number of anilines is 1. The van der Waals surface area contributed by atoms with Gasteiger partial charge in [-0.05, 0) is 35.9 Å². The van der Waals surface area contributed by atoms with Gasteiger partial charge in [-0.2, -0.15) is 0 Å². The highest BCUT2D eigenvalue weighted by Gasteiger charge is 2.31. The summed E-state index contributed by atoms with van der Waals surface area (Å²) in [5, 5.41) is 2.65. The Bertz CT molecular complexity index is 1470. The summed E-state index contributed by atoms with van der Waals surface area (Å²) in [6.45, 7) is 8.35. The summed E-state index contributed by atoms with van der Waals surface area (Å²) in [6.07, 6.45) is 1.81. The van der Waals surface area contributed by atoms with Gasteiger partial charge in [-0.1, -0.05) is 63.0 Å². The Morgan fingerprint density at radius 2 is 1.76 bits per heavy atom. The highest BCUT2D eigenvalue weighted by molar-refractivity contribution is 8.26. The van der Waals surface area contributed by atoms with Crippen LogP contribution in [0.4, 0.5) is 5.82 Å². The molecule has 2 aromatic carbocycles. The third-order valence-corrected chi connectivity index (χ3v) is 7.64. The molecule has 0 spiro atoms. The van der Waals surface area contributed by atoms with Gasteiger partial charge in [0.05, 0.1) is 23.0 Å². The summed E-state index contributed by atoms with van der Waals surface area (Å²) >= 11 is 6.38. The maximum absolute atomic E-state index is 12.9. The zero-order chi connectivity index (χ0) is 27.0. The average Bonchev–Trinajstić information content (AvgIpc) is 3.23. The molecule has 0 bridgehead atoms. The van der Waals surface area contributed by atoms with Crippen molar-refractivity contribution in [2.75, 3.05) is 38.2 Å². The minimum absolute atomic E-state index is 0.151. The van der Waals surface area contributed by atoms with E-state index >= 15 is 0 Å². The molecular formula is C28H29N5O3S2. The number of fused-ring (bicyclic) bond motifs is 1. The average molecular weight is 548 g/mol. The van der Waals surface area contributed by atoms with Gasteiger partial charge >= 0.3 is 0 Å². The lowest BCUT2D eigenvalue weighted by molar-refractivity contribution is -0.139. The number of nitrogens with zero attached hydrogens (tertiary/aromatic N) is 4. The summed E-state index contributed by atoms with van der Waals surface area (Å²) in [4.78, 5) is 39.8. The van der Waals surface area contributed by atoms with Crippen molar-refractivity contribution in [2.24, 2.45) is 5.41 Å². The molecule has 0 atom stereocenters. The van der Waals surface area contributed by atoms with E-state index in [0.29, 0.717) is 46.8 Å². The number of carbonyl (C=O) groups excluding carboxylic acids is 2. The van der Waals surface area contributed by atoms with Crippen LogP contribution in [0.1, 0.15) is 26.3 Å². The van der Waals surface area contributed by atoms with E-state index in [1.807, 2.05) is 74.2 Å². The van der Waals surface area contributed by atoms with Gasteiger partial charge < -0.3 is 19.9 Å². The number of piperazine rings is 1. The zero-order valence-electron chi connectivity index (χ0n) is 21.8. The third-order valence-electron chi connectivity index (χ3n) is 6.48. The Labute approximate surface area is 231 Å². The van der Waals surface area contributed by atoms with Crippen LogP contribution in [0, 0.1) is 5.41 Å². The summed E-state index contributed by atoms with van der Waals surface area (Å²) in [5.74, 6) is 1.34. The Morgan fingerprint density at radius 3 is 2.37 bits per heavy atom. The molecule has 2 saturated heterocycles. The number of hydrogen-bond donors (Lipinski definition) is 1. The smallest absolute Gasteiger partial charge is 0.263 e. The fraction of sp³-hybridized carbons (Fsp3) is 0.321. The van der Waals surface area contributed by atoms with E-state index in [9.17, 15) is 9.59 Å². The quantitative estimate of drug-likeness (QED) is 0.378. The monoisotopic (exact) mass is 547 g/mol. The number of ether oxygens (including phenoxy) is 1. The highest BCUT2D eigenvalue weighted by atomic mass is 32.2. The Kier molecular flexibility index (Phi) is 7.11. The fourth-order valence-electron chi connectivity index (χ4n) is 4.56. The van der Waals surface area contributed by atoms with E-state index in [-0.39, 0.29) is 11.8 Å². The molecule has 196 valence electrons. The molecule has 3 heterocycles. The number of carbonyl (C=O) groups is 2. The van der Waals surface area contributed by atoms with Gasteiger partial charge in [0.15, 0.2) is 5.82 Å². The first-order valence-corrected chi connectivity index (χ1v) is 13.6. The lowest BCUT2D eigenvalue weighted by Gasteiger charge is -2.38. The van der Waals surface area contributed by atoms with Gasteiger partial charge in [-0.15, -0.1) is 0 Å². The molecule has 5 rings (SSSR count). The first-order valence-electron chi connectivity index (χ1n) is 12.4. The number of benzene rings is 2. The van der Waals surface area contributed by atoms with Crippen molar-refractivity contribution in [3.8, 4) is 17.0 Å².